The van der Waals surface area contributed by atoms with Gasteiger partial charge in [0.15, 0.2) is 13.0 Å². The second-order valence-corrected chi connectivity index (χ2v) is 13.5. The first kappa shape index (κ1) is 34.5. The molecule has 1 aliphatic carbocycles. The van der Waals surface area contributed by atoms with E-state index in [1.54, 1.807) is 26.1 Å². The molecule has 1 saturated carbocycles. The average molecular weight is 706 g/mol. The minimum absolute atomic E-state index is 0.0310. The number of rotatable bonds is 10. The Morgan fingerprint density at radius 1 is 1.25 bits per heavy atom. The molecule has 7 N–H and O–H groups in total. The lowest BCUT2D eigenvalue weighted by atomic mass is 9.74. The lowest BCUT2D eigenvalue weighted by Crippen LogP contribution is -3.36. The monoisotopic (exact) mass is 705 g/mol. The SMILES string of the molecule is CCOC(=O)C1=C(C=O)C(=CC[NH+]2C=CNC2[NH+]2CN=C3C(=O)NC(=N)N=C32)c2c(OC)c3c(c(CO)c2O1)OC(C(C)(O)C1CCCCC1)C3. The minimum atomic E-state index is -1.17. The lowest BCUT2D eigenvalue weighted by Gasteiger charge is -2.39. The zero-order chi connectivity index (χ0) is 36.0. The van der Waals surface area contributed by atoms with Crippen molar-refractivity contribution in [2.75, 3.05) is 26.9 Å². The summed E-state index contributed by atoms with van der Waals surface area (Å²) in [6, 6.07) is 0. The second-order valence-electron chi connectivity index (χ2n) is 13.5. The number of quaternary nitrogens is 2. The number of esters is 1. The number of hydrogen-bond acceptors (Lipinski definition) is 12. The summed E-state index contributed by atoms with van der Waals surface area (Å²) in [7, 11) is 1.49. The third-order valence-electron chi connectivity index (χ3n) is 10.7. The molecule has 0 spiro atoms. The average Bonchev–Trinajstić information content (AvgIpc) is 3.88. The number of amides is 1. The van der Waals surface area contributed by atoms with Crippen LogP contribution in [-0.4, -0.2) is 90.8 Å². The van der Waals surface area contributed by atoms with Crippen molar-refractivity contribution in [3.8, 4) is 17.2 Å². The number of aldehydes is 1. The van der Waals surface area contributed by atoms with Gasteiger partial charge in [-0.2, -0.15) is 9.89 Å². The van der Waals surface area contributed by atoms with E-state index in [-0.39, 0.29) is 66.5 Å². The van der Waals surface area contributed by atoms with Crippen LogP contribution >= 0.6 is 0 Å². The predicted octanol–water partition coefficient (Wildman–Crippen LogP) is -1.38. The largest absolute Gasteiger partial charge is 0.496 e. The molecule has 6 aliphatic rings. The molecule has 1 aromatic rings. The number of guanidine groups is 1. The standard InChI is InChI=1S/C35H41N7O9/c1-4-49-32(46)29-21(15-43)19(10-12-41-13-11-37-34(41)42-17-38-25-30(42)39-33(36)40-31(25)45)24-27(48-3)20-14-23(35(2,47)18-8-6-5-7-9-18)50-26(20)22(16-44)28(24)51-29/h10-11,13,15,18,23,34,37,44,47H,4-9,12,14,16-17H2,1-3H3,(H2,36,40,45)/p+2. The number of hydrogen-bond donors (Lipinski definition) is 7. The van der Waals surface area contributed by atoms with Crippen LogP contribution in [0, 0.1) is 11.3 Å². The first-order valence-corrected chi connectivity index (χ1v) is 17.3. The summed E-state index contributed by atoms with van der Waals surface area (Å²) in [5.74, 6) is -0.786. The van der Waals surface area contributed by atoms with Gasteiger partial charge in [0.05, 0.1) is 43.2 Å². The molecule has 5 heterocycles. The molecule has 16 nitrogen and oxygen atoms in total. The van der Waals surface area contributed by atoms with Gasteiger partial charge in [0.25, 0.3) is 11.7 Å². The van der Waals surface area contributed by atoms with Gasteiger partial charge in [0, 0.05) is 17.6 Å². The first-order valence-electron chi connectivity index (χ1n) is 17.3. The van der Waals surface area contributed by atoms with E-state index in [0.717, 1.165) is 41.9 Å². The first-order chi connectivity index (χ1) is 24.6. The number of methoxy groups -OCH3 is 1. The highest BCUT2D eigenvalue weighted by Gasteiger charge is 2.49. The highest BCUT2D eigenvalue weighted by Crippen LogP contribution is 2.55. The fraction of sp³-hybridized carbons (Fsp3) is 0.486. The summed E-state index contributed by atoms with van der Waals surface area (Å²) in [6.07, 6.45) is 10.2. The molecular formula is C35H43N7O9+2. The highest BCUT2D eigenvalue weighted by atomic mass is 16.6. The van der Waals surface area contributed by atoms with E-state index in [1.165, 1.54) is 7.11 Å². The van der Waals surface area contributed by atoms with Gasteiger partial charge in [-0.1, -0.05) is 19.3 Å². The van der Waals surface area contributed by atoms with Crippen molar-refractivity contribution in [3.63, 3.8) is 0 Å². The summed E-state index contributed by atoms with van der Waals surface area (Å²) in [5, 5.41) is 36.3. The number of nitrogens with one attached hydrogen (secondary N) is 5. The van der Waals surface area contributed by atoms with Crippen LogP contribution < -0.4 is 34.6 Å². The van der Waals surface area contributed by atoms with Crippen LogP contribution in [0.2, 0.25) is 0 Å². The van der Waals surface area contributed by atoms with Crippen LogP contribution in [0.25, 0.3) is 5.57 Å². The fourth-order valence-electron chi connectivity index (χ4n) is 8.07. The Labute approximate surface area is 294 Å². The molecule has 16 heteroatoms. The molecule has 0 radical (unpaired) electrons. The van der Waals surface area contributed by atoms with Crippen LogP contribution in [0.15, 0.2) is 39.8 Å². The highest BCUT2D eigenvalue weighted by molar-refractivity contribution is 6.68. The zero-order valence-corrected chi connectivity index (χ0v) is 28.8. The smallest absolute Gasteiger partial charge is 0.375 e. The molecule has 7 rings (SSSR count). The van der Waals surface area contributed by atoms with Gasteiger partial charge in [0.1, 0.15) is 41.7 Å². The Hall–Kier alpha value is -4.90. The molecule has 270 valence electrons. The number of aliphatic hydroxyl groups is 2. The maximum Gasteiger partial charge on any atom is 0.375 e. The second kappa shape index (κ2) is 13.7. The number of amidine groups is 1. The van der Waals surface area contributed by atoms with Crippen LogP contribution in [0.4, 0.5) is 0 Å². The number of carbonyl (C=O) groups is 3. The maximum absolute atomic E-state index is 13.3. The van der Waals surface area contributed by atoms with Gasteiger partial charge >= 0.3 is 12.3 Å². The Morgan fingerprint density at radius 2 is 2.04 bits per heavy atom. The number of carbonyl (C=O) groups excluding carboxylic acids is 3. The van der Waals surface area contributed by atoms with Gasteiger partial charge < -0.3 is 29.2 Å². The van der Waals surface area contributed by atoms with Crippen LogP contribution in [-0.2, 0) is 32.1 Å². The molecule has 5 atom stereocenters. The van der Waals surface area contributed by atoms with Crippen molar-refractivity contribution in [3.05, 3.63) is 46.5 Å². The summed E-state index contributed by atoms with van der Waals surface area (Å²) < 4.78 is 24.0. The van der Waals surface area contributed by atoms with E-state index in [0.29, 0.717) is 40.3 Å². The number of benzene rings is 1. The summed E-state index contributed by atoms with van der Waals surface area (Å²) >= 11 is 0. The summed E-state index contributed by atoms with van der Waals surface area (Å²) in [4.78, 5) is 48.8. The minimum Gasteiger partial charge on any atom is -0.496 e. The van der Waals surface area contributed by atoms with E-state index in [9.17, 15) is 24.6 Å². The van der Waals surface area contributed by atoms with Crippen LogP contribution in [0.5, 0.6) is 17.2 Å². The summed E-state index contributed by atoms with van der Waals surface area (Å²) in [5.41, 5.74) is 0.532. The Morgan fingerprint density at radius 3 is 2.75 bits per heavy atom. The van der Waals surface area contributed by atoms with E-state index in [1.807, 2.05) is 6.20 Å². The molecule has 0 aromatic heterocycles. The van der Waals surface area contributed by atoms with Gasteiger partial charge in [-0.15, -0.1) is 0 Å². The number of nitrogens with zero attached hydrogens (tertiary/aromatic N) is 2. The van der Waals surface area contributed by atoms with E-state index < -0.39 is 36.5 Å². The quantitative estimate of drug-likeness (QED) is 0.112. The number of aliphatic imine (C=N–C) groups is 2. The Kier molecular flexibility index (Phi) is 9.26. The van der Waals surface area contributed by atoms with Gasteiger partial charge in [-0.3, -0.25) is 25.6 Å². The van der Waals surface area contributed by atoms with Crippen molar-refractivity contribution in [2.24, 2.45) is 15.9 Å². The number of allylic oxidation sites excluding steroid dienone is 2. The van der Waals surface area contributed by atoms with Gasteiger partial charge in [-0.05, 0) is 38.7 Å². The topological polar surface area (TPSA) is 210 Å². The molecule has 0 bridgehead atoms. The maximum atomic E-state index is 13.3. The lowest BCUT2D eigenvalue weighted by molar-refractivity contribution is -1.05. The van der Waals surface area contributed by atoms with Crippen molar-refractivity contribution in [1.82, 2.24) is 10.6 Å². The van der Waals surface area contributed by atoms with Crippen molar-refractivity contribution >= 4 is 41.2 Å². The number of ether oxygens (including phenoxy) is 4. The van der Waals surface area contributed by atoms with Crippen LogP contribution in [0.1, 0.15) is 62.6 Å². The molecule has 1 amide bonds. The molecule has 1 fully saturated rings. The van der Waals surface area contributed by atoms with E-state index in [2.05, 4.69) is 20.6 Å². The third-order valence-corrected chi connectivity index (χ3v) is 10.7. The molecular weight excluding hydrogens is 662 g/mol. The van der Waals surface area contributed by atoms with Gasteiger partial charge in [0.2, 0.25) is 17.4 Å². The predicted molar refractivity (Wildman–Crippen MR) is 181 cm³/mol. The normalized spacial score (nSPS) is 27.3. The molecule has 5 unspecified atom stereocenters. The molecule has 51 heavy (non-hydrogen) atoms. The number of aliphatic hydroxyl groups excluding tert-OH is 1. The van der Waals surface area contributed by atoms with Crippen molar-refractivity contribution in [1.29, 1.82) is 5.41 Å². The Bertz CT molecular complexity index is 1840. The van der Waals surface area contributed by atoms with Gasteiger partial charge in [-0.25, -0.2) is 14.7 Å². The fourth-order valence-corrected chi connectivity index (χ4v) is 8.07. The Balaban J connectivity index is 1.30. The van der Waals surface area contributed by atoms with E-state index in [4.69, 9.17) is 24.4 Å². The summed E-state index contributed by atoms with van der Waals surface area (Å²) in [6.45, 7) is 3.42. The van der Waals surface area contributed by atoms with Crippen molar-refractivity contribution < 1.29 is 53.3 Å². The van der Waals surface area contributed by atoms with E-state index >= 15 is 0 Å². The van der Waals surface area contributed by atoms with Crippen LogP contribution in [0.3, 0.4) is 0 Å². The molecule has 1 aromatic carbocycles. The third kappa shape index (κ3) is 5.81. The van der Waals surface area contributed by atoms with Crippen molar-refractivity contribution in [2.45, 2.75) is 77.0 Å². The zero-order valence-electron chi connectivity index (χ0n) is 28.8. The molecule has 0 saturated heterocycles. The number of fused-ring (bicyclic) bond motifs is 3. The molecule has 5 aliphatic heterocycles.